The topological polar surface area (TPSA) is 129 Å². The van der Waals surface area contributed by atoms with Crippen molar-refractivity contribution in [2.75, 3.05) is 13.2 Å². The number of ketones is 1. The molecule has 0 saturated heterocycles. The maximum atomic E-state index is 13.9. The van der Waals surface area contributed by atoms with Crippen LogP contribution in [-0.4, -0.2) is 40.5 Å². The van der Waals surface area contributed by atoms with Gasteiger partial charge in [0.05, 0.1) is 13.2 Å². The number of Topliss-reactive ketones (excluding diaryl/α,β-unsaturated/α-hetero) is 1. The van der Waals surface area contributed by atoms with Gasteiger partial charge in [0.15, 0.2) is 11.5 Å². The molecule has 0 unspecified atom stereocenters. The fourth-order valence-corrected chi connectivity index (χ4v) is 5.80. The van der Waals surface area contributed by atoms with Crippen molar-refractivity contribution in [1.29, 1.82) is 0 Å². The van der Waals surface area contributed by atoms with Crippen LogP contribution in [0.1, 0.15) is 72.9 Å². The Morgan fingerprint density at radius 1 is 1.05 bits per heavy atom. The lowest BCUT2D eigenvalue weighted by molar-refractivity contribution is -0.117. The van der Waals surface area contributed by atoms with Crippen molar-refractivity contribution >= 4 is 17.8 Å². The summed E-state index contributed by atoms with van der Waals surface area (Å²) in [6, 6.07) is 14.9. The first-order chi connectivity index (χ1) is 21.3. The Labute approximate surface area is 255 Å². The molecule has 10 nitrogen and oxygen atoms in total. The standard InChI is InChI=1S/C33H37FN4O6/c1-2-3-17-43-28-27(29(40)35-19-26(39)18-22-9-11-25(34)12-10-22)36-31-33(15-13-23(14-16-33)20-38(31)30(28)41)37-32(42)44-21-24-7-5-4-6-8-24/h4-12,23H,2-3,13-21H2,1H3,(H,35,40)(H,37,42). The average Bonchev–Trinajstić information content (AvgIpc) is 3.27. The molecule has 11 heteroatoms. The third kappa shape index (κ3) is 7.15. The van der Waals surface area contributed by atoms with E-state index in [1.165, 1.54) is 28.8 Å². The van der Waals surface area contributed by atoms with Gasteiger partial charge in [-0.05, 0) is 61.3 Å². The van der Waals surface area contributed by atoms with E-state index in [0.29, 0.717) is 31.4 Å². The lowest BCUT2D eigenvalue weighted by atomic mass is 9.77. The highest BCUT2D eigenvalue weighted by Gasteiger charge is 2.46. The van der Waals surface area contributed by atoms with E-state index in [-0.39, 0.29) is 55.1 Å². The molecule has 1 saturated carbocycles. The van der Waals surface area contributed by atoms with Crippen LogP contribution in [0, 0.1) is 11.7 Å². The lowest BCUT2D eigenvalue weighted by Crippen LogP contribution is -2.50. The van der Waals surface area contributed by atoms with Crippen LogP contribution in [0.4, 0.5) is 9.18 Å². The molecule has 3 aromatic rings. The van der Waals surface area contributed by atoms with E-state index in [0.717, 1.165) is 24.8 Å². The first-order valence-electron chi connectivity index (χ1n) is 15.1. The van der Waals surface area contributed by atoms with E-state index in [4.69, 9.17) is 14.5 Å². The van der Waals surface area contributed by atoms with Gasteiger partial charge in [-0.1, -0.05) is 55.8 Å². The second kappa shape index (κ2) is 13.8. The highest BCUT2D eigenvalue weighted by Crippen LogP contribution is 2.43. The SMILES string of the molecule is CCCCOc1c(C(=O)NCC(=O)Cc2ccc(F)cc2)nc2n(c1=O)CC1CCC2(NC(=O)OCc2ccccc2)CC1. The molecule has 44 heavy (non-hydrogen) atoms. The highest BCUT2D eigenvalue weighted by atomic mass is 19.1. The number of amides is 2. The number of ether oxygens (including phenoxy) is 2. The molecule has 2 aromatic carbocycles. The molecule has 232 valence electrons. The van der Waals surface area contributed by atoms with E-state index in [2.05, 4.69) is 10.6 Å². The number of nitrogens with one attached hydrogen (secondary N) is 2. The van der Waals surface area contributed by atoms with Gasteiger partial charge in [-0.25, -0.2) is 14.2 Å². The number of carbonyl (C=O) groups excluding carboxylic acids is 3. The molecule has 1 fully saturated rings. The number of hydrogen-bond donors (Lipinski definition) is 2. The van der Waals surface area contributed by atoms with Gasteiger partial charge in [0.1, 0.15) is 23.8 Å². The summed E-state index contributed by atoms with van der Waals surface area (Å²) in [5.41, 5.74) is -0.294. The number of carbonyl (C=O) groups is 3. The number of halogens is 1. The van der Waals surface area contributed by atoms with Crippen LogP contribution >= 0.6 is 0 Å². The average molecular weight is 605 g/mol. The van der Waals surface area contributed by atoms with Crippen molar-refractivity contribution in [2.24, 2.45) is 5.92 Å². The summed E-state index contributed by atoms with van der Waals surface area (Å²) >= 11 is 0. The Hall–Kier alpha value is -4.54. The summed E-state index contributed by atoms with van der Waals surface area (Å²) in [6.07, 6.45) is 3.41. The van der Waals surface area contributed by atoms with Crippen LogP contribution in [0.3, 0.4) is 0 Å². The minimum Gasteiger partial charge on any atom is -0.486 e. The molecule has 2 aliphatic heterocycles. The fourth-order valence-electron chi connectivity index (χ4n) is 5.80. The van der Waals surface area contributed by atoms with Crippen molar-refractivity contribution < 1.29 is 28.2 Å². The lowest BCUT2D eigenvalue weighted by Gasteiger charge is -2.36. The van der Waals surface area contributed by atoms with E-state index in [1.807, 2.05) is 37.3 Å². The largest absolute Gasteiger partial charge is 0.486 e. The van der Waals surface area contributed by atoms with Gasteiger partial charge in [0, 0.05) is 13.0 Å². The maximum absolute atomic E-state index is 13.9. The van der Waals surface area contributed by atoms with Crippen molar-refractivity contribution in [2.45, 2.75) is 70.6 Å². The predicted octanol–water partition coefficient (Wildman–Crippen LogP) is 4.43. The molecule has 0 atom stereocenters. The minimum absolute atomic E-state index is 0.000202. The third-order valence-electron chi connectivity index (χ3n) is 8.23. The smallest absolute Gasteiger partial charge is 0.408 e. The summed E-state index contributed by atoms with van der Waals surface area (Å²) < 4.78 is 26.1. The van der Waals surface area contributed by atoms with Crippen LogP contribution < -0.4 is 20.9 Å². The number of nitrogens with zero attached hydrogens (tertiary/aromatic N) is 2. The second-order valence-corrected chi connectivity index (χ2v) is 11.5. The number of unbranched alkanes of at least 4 members (excludes halogenated alkanes) is 1. The Kier molecular flexibility index (Phi) is 9.72. The maximum Gasteiger partial charge on any atom is 0.408 e. The van der Waals surface area contributed by atoms with Crippen LogP contribution in [0.5, 0.6) is 5.75 Å². The van der Waals surface area contributed by atoms with E-state index in [9.17, 15) is 23.6 Å². The Morgan fingerprint density at radius 2 is 1.77 bits per heavy atom. The van der Waals surface area contributed by atoms with Crippen LogP contribution in [-0.2, 0) is 34.6 Å². The molecule has 3 heterocycles. The van der Waals surface area contributed by atoms with Gasteiger partial charge in [-0.3, -0.25) is 19.0 Å². The van der Waals surface area contributed by atoms with E-state index >= 15 is 0 Å². The van der Waals surface area contributed by atoms with Crippen molar-refractivity contribution in [3.63, 3.8) is 0 Å². The zero-order valence-electron chi connectivity index (χ0n) is 24.8. The Bertz CT molecular complexity index is 1550. The van der Waals surface area contributed by atoms with E-state index < -0.39 is 28.9 Å². The van der Waals surface area contributed by atoms with Gasteiger partial charge in [0.2, 0.25) is 5.75 Å². The Morgan fingerprint density at radius 3 is 2.48 bits per heavy atom. The molecular weight excluding hydrogens is 567 g/mol. The molecule has 2 N–H and O–H groups in total. The van der Waals surface area contributed by atoms with Gasteiger partial charge in [-0.15, -0.1) is 0 Å². The molecule has 2 bridgehead atoms. The first kappa shape index (κ1) is 30.9. The summed E-state index contributed by atoms with van der Waals surface area (Å²) in [6.45, 7) is 2.36. The fraction of sp³-hybridized carbons (Fsp3) is 0.424. The number of hydrogen-bond acceptors (Lipinski definition) is 7. The summed E-state index contributed by atoms with van der Waals surface area (Å²) in [5.74, 6) is -1.12. The van der Waals surface area contributed by atoms with Gasteiger partial charge >= 0.3 is 6.09 Å². The second-order valence-electron chi connectivity index (χ2n) is 11.5. The first-order valence-corrected chi connectivity index (χ1v) is 15.1. The van der Waals surface area contributed by atoms with Crippen molar-refractivity contribution in [1.82, 2.24) is 20.2 Å². The molecule has 0 spiro atoms. The van der Waals surface area contributed by atoms with Gasteiger partial charge in [0.25, 0.3) is 11.5 Å². The number of benzene rings is 2. The van der Waals surface area contributed by atoms with Crippen molar-refractivity contribution in [3.05, 3.63) is 93.4 Å². The number of rotatable bonds is 12. The molecule has 6 rings (SSSR count). The van der Waals surface area contributed by atoms with Crippen LogP contribution in [0.25, 0.3) is 0 Å². The monoisotopic (exact) mass is 604 g/mol. The number of aromatic nitrogens is 2. The van der Waals surface area contributed by atoms with E-state index in [1.54, 1.807) is 0 Å². The normalized spacial score (nSPS) is 18.5. The molecule has 0 radical (unpaired) electrons. The van der Waals surface area contributed by atoms with Crippen molar-refractivity contribution in [3.8, 4) is 5.75 Å². The molecule has 3 aliphatic rings. The van der Waals surface area contributed by atoms with Crippen LogP contribution in [0.15, 0.2) is 59.4 Å². The van der Waals surface area contributed by atoms with Gasteiger partial charge < -0.3 is 20.1 Å². The third-order valence-corrected chi connectivity index (χ3v) is 8.23. The number of fused-ring (bicyclic) bond motifs is 2. The van der Waals surface area contributed by atoms with Crippen LogP contribution in [0.2, 0.25) is 0 Å². The highest BCUT2D eigenvalue weighted by molar-refractivity contribution is 5.97. The summed E-state index contributed by atoms with van der Waals surface area (Å²) in [7, 11) is 0. The summed E-state index contributed by atoms with van der Waals surface area (Å²) in [5, 5.41) is 5.58. The molecule has 1 aromatic heterocycles. The zero-order valence-corrected chi connectivity index (χ0v) is 24.8. The minimum atomic E-state index is -1.02. The Balaban J connectivity index is 1.41. The molecule has 2 amide bonds. The summed E-state index contributed by atoms with van der Waals surface area (Å²) in [4.78, 5) is 57.8. The molecular formula is C33H37FN4O6. The zero-order chi connectivity index (χ0) is 31.1. The quantitative estimate of drug-likeness (QED) is 0.293. The predicted molar refractivity (Wildman–Crippen MR) is 160 cm³/mol. The molecule has 1 aliphatic carbocycles. The number of alkyl carbamates (subject to hydrolysis) is 1. The van der Waals surface area contributed by atoms with Gasteiger partial charge in [-0.2, -0.15) is 0 Å².